The zero-order chi connectivity index (χ0) is 11.5. The van der Waals surface area contributed by atoms with Gasteiger partial charge in [0.15, 0.2) is 9.84 Å². The van der Waals surface area contributed by atoms with Crippen molar-refractivity contribution in [1.82, 2.24) is 0 Å². The van der Waals surface area contributed by atoms with Gasteiger partial charge in [0, 0.05) is 6.42 Å². The molecule has 1 aromatic rings. The summed E-state index contributed by atoms with van der Waals surface area (Å²) in [5.74, 6) is -0.205. The van der Waals surface area contributed by atoms with Crippen LogP contribution < -0.4 is 5.73 Å². The summed E-state index contributed by atoms with van der Waals surface area (Å²) in [7, 11) is -3.42. The lowest BCUT2D eigenvalue weighted by Crippen LogP contribution is -2.06. The topological polar surface area (TPSA) is 84.0 Å². The predicted molar refractivity (Wildman–Crippen MR) is 58.1 cm³/mol. The number of rotatable bonds is 3. The summed E-state index contributed by atoms with van der Waals surface area (Å²) in [6.45, 7) is 0. The molecule has 0 radical (unpaired) electrons. The molecule has 0 heterocycles. The van der Waals surface area contributed by atoms with Crippen LogP contribution in [0.2, 0.25) is 5.02 Å². The maximum absolute atomic E-state index is 11.6. The number of benzene rings is 1. The second kappa shape index (κ2) is 4.51. The van der Waals surface area contributed by atoms with Crippen molar-refractivity contribution < 1.29 is 8.42 Å². The van der Waals surface area contributed by atoms with E-state index < -0.39 is 9.84 Å². The van der Waals surface area contributed by atoms with Crippen LogP contribution in [0.15, 0.2) is 23.1 Å². The molecule has 15 heavy (non-hydrogen) atoms. The van der Waals surface area contributed by atoms with Gasteiger partial charge in [-0.15, -0.1) is 0 Å². The van der Waals surface area contributed by atoms with Gasteiger partial charge in [-0.2, -0.15) is 5.26 Å². The Balaban J connectivity index is 3.07. The van der Waals surface area contributed by atoms with Crippen molar-refractivity contribution in [3.8, 4) is 6.07 Å². The van der Waals surface area contributed by atoms with Crippen LogP contribution in [0.3, 0.4) is 0 Å². The van der Waals surface area contributed by atoms with Crippen LogP contribution in [-0.2, 0) is 9.84 Å². The van der Waals surface area contributed by atoms with Crippen molar-refractivity contribution in [2.75, 3.05) is 11.5 Å². The molecular weight excluding hydrogens is 236 g/mol. The normalized spacial score (nSPS) is 10.9. The van der Waals surface area contributed by atoms with Crippen LogP contribution in [0, 0.1) is 11.3 Å². The quantitative estimate of drug-likeness (QED) is 0.819. The monoisotopic (exact) mass is 244 g/mol. The third-order valence-corrected chi connectivity index (χ3v) is 3.85. The highest BCUT2D eigenvalue weighted by atomic mass is 35.5. The number of nitrogens with two attached hydrogens (primary N) is 1. The average molecular weight is 245 g/mol. The number of halogens is 1. The summed E-state index contributed by atoms with van der Waals surface area (Å²) >= 11 is 5.70. The van der Waals surface area contributed by atoms with Crippen LogP contribution >= 0.6 is 11.6 Å². The fraction of sp³-hybridized carbons (Fsp3) is 0.222. The molecule has 0 spiro atoms. The minimum Gasteiger partial charge on any atom is -0.398 e. The van der Waals surface area contributed by atoms with Crippen molar-refractivity contribution in [2.24, 2.45) is 0 Å². The van der Waals surface area contributed by atoms with E-state index in [1.54, 1.807) is 6.07 Å². The molecule has 4 nitrogen and oxygen atoms in total. The molecule has 0 saturated heterocycles. The molecule has 0 saturated carbocycles. The highest BCUT2D eigenvalue weighted by Crippen LogP contribution is 2.23. The number of anilines is 1. The molecule has 1 rings (SSSR count). The van der Waals surface area contributed by atoms with E-state index in [4.69, 9.17) is 22.6 Å². The van der Waals surface area contributed by atoms with Gasteiger partial charge < -0.3 is 5.73 Å². The Hall–Kier alpha value is -1.25. The van der Waals surface area contributed by atoms with Gasteiger partial charge in [-0.05, 0) is 18.2 Å². The number of hydrogen-bond donors (Lipinski definition) is 1. The predicted octanol–water partition coefficient (Wildman–Crippen LogP) is 1.61. The first-order valence-electron chi connectivity index (χ1n) is 4.12. The molecule has 1 aromatic carbocycles. The highest BCUT2D eigenvalue weighted by Gasteiger charge is 2.14. The van der Waals surface area contributed by atoms with E-state index in [2.05, 4.69) is 0 Å². The Bertz CT molecular complexity index is 505. The molecule has 0 bridgehead atoms. The standard InChI is InChI=1S/C9H9ClN2O2S/c10-8-6-7(2-3-9(8)12)15(13,14)5-1-4-11/h2-3,6H,1,5,12H2. The molecule has 0 unspecified atom stereocenters. The third-order valence-electron chi connectivity index (χ3n) is 1.81. The summed E-state index contributed by atoms with van der Waals surface area (Å²) in [6.07, 6.45) is -0.0374. The number of nitriles is 1. The molecule has 0 amide bonds. The molecule has 0 atom stereocenters. The lowest BCUT2D eigenvalue weighted by atomic mass is 10.3. The number of nitrogens with zero attached hydrogens (tertiary/aromatic N) is 1. The maximum Gasteiger partial charge on any atom is 0.179 e. The van der Waals surface area contributed by atoms with Crippen LogP contribution in [-0.4, -0.2) is 14.2 Å². The Morgan fingerprint density at radius 3 is 2.67 bits per heavy atom. The van der Waals surface area contributed by atoms with Crippen molar-refractivity contribution in [1.29, 1.82) is 5.26 Å². The second-order valence-electron chi connectivity index (χ2n) is 2.91. The minimum absolute atomic E-state index is 0.0374. The van der Waals surface area contributed by atoms with Crippen LogP contribution in [0.4, 0.5) is 5.69 Å². The summed E-state index contributed by atoms with van der Waals surface area (Å²) in [5, 5.41) is 8.52. The van der Waals surface area contributed by atoms with Crippen LogP contribution in [0.25, 0.3) is 0 Å². The van der Waals surface area contributed by atoms with Gasteiger partial charge in [0.25, 0.3) is 0 Å². The molecule has 80 valence electrons. The Kier molecular flexibility index (Phi) is 3.56. The molecule has 2 N–H and O–H groups in total. The van der Waals surface area contributed by atoms with Gasteiger partial charge in [-0.1, -0.05) is 11.6 Å². The molecular formula is C9H9ClN2O2S. The van der Waals surface area contributed by atoms with E-state index in [0.717, 1.165) is 0 Å². The van der Waals surface area contributed by atoms with E-state index >= 15 is 0 Å². The molecule has 0 aromatic heterocycles. The SMILES string of the molecule is N#CCCS(=O)(=O)c1ccc(N)c(Cl)c1. The van der Waals surface area contributed by atoms with Gasteiger partial charge in [0.05, 0.1) is 27.4 Å². The molecule has 0 aliphatic rings. The lowest BCUT2D eigenvalue weighted by molar-refractivity contribution is 0.596. The lowest BCUT2D eigenvalue weighted by Gasteiger charge is -2.03. The third kappa shape index (κ3) is 2.85. The van der Waals surface area contributed by atoms with Gasteiger partial charge in [-0.3, -0.25) is 0 Å². The van der Waals surface area contributed by atoms with Crippen molar-refractivity contribution in [3.05, 3.63) is 23.2 Å². The van der Waals surface area contributed by atoms with Gasteiger partial charge in [0.2, 0.25) is 0 Å². The van der Waals surface area contributed by atoms with Crippen molar-refractivity contribution >= 4 is 27.1 Å². The summed E-state index contributed by atoms with van der Waals surface area (Å²) < 4.78 is 23.2. The molecule has 6 heteroatoms. The summed E-state index contributed by atoms with van der Waals surface area (Å²) in [6, 6.07) is 5.89. The zero-order valence-corrected chi connectivity index (χ0v) is 9.35. The zero-order valence-electron chi connectivity index (χ0n) is 7.77. The molecule has 0 fully saturated rings. The van der Waals surface area contributed by atoms with E-state index in [9.17, 15) is 8.42 Å². The first-order chi connectivity index (χ1) is 6.97. The van der Waals surface area contributed by atoms with Crippen LogP contribution in [0.5, 0.6) is 0 Å². The highest BCUT2D eigenvalue weighted by molar-refractivity contribution is 7.91. The average Bonchev–Trinajstić information content (AvgIpc) is 2.19. The fourth-order valence-corrected chi connectivity index (χ4v) is 2.41. The largest absolute Gasteiger partial charge is 0.398 e. The van der Waals surface area contributed by atoms with Gasteiger partial charge >= 0.3 is 0 Å². The molecule has 0 aliphatic heterocycles. The Morgan fingerprint density at radius 1 is 1.47 bits per heavy atom. The second-order valence-corrected chi connectivity index (χ2v) is 5.43. The van der Waals surface area contributed by atoms with Crippen molar-refractivity contribution in [2.45, 2.75) is 11.3 Å². The maximum atomic E-state index is 11.6. The summed E-state index contributed by atoms with van der Waals surface area (Å²) in [4.78, 5) is 0.0944. The van der Waals surface area contributed by atoms with Crippen LogP contribution in [0.1, 0.15) is 6.42 Å². The number of nitrogen functional groups attached to an aromatic ring is 1. The van der Waals surface area contributed by atoms with E-state index in [0.29, 0.717) is 5.69 Å². The first-order valence-corrected chi connectivity index (χ1v) is 6.15. The Labute approximate surface area is 93.2 Å². The van der Waals surface area contributed by atoms with Crippen molar-refractivity contribution in [3.63, 3.8) is 0 Å². The smallest absolute Gasteiger partial charge is 0.179 e. The van der Waals surface area contributed by atoms with Gasteiger partial charge in [-0.25, -0.2) is 8.42 Å². The first kappa shape index (κ1) is 11.8. The fourth-order valence-electron chi connectivity index (χ4n) is 0.999. The van der Waals surface area contributed by atoms with E-state index in [1.165, 1.54) is 18.2 Å². The minimum atomic E-state index is -3.42. The number of sulfone groups is 1. The molecule has 0 aliphatic carbocycles. The van der Waals surface area contributed by atoms with E-state index in [-0.39, 0.29) is 22.1 Å². The number of hydrogen-bond acceptors (Lipinski definition) is 4. The van der Waals surface area contributed by atoms with Gasteiger partial charge in [0.1, 0.15) is 0 Å². The summed E-state index contributed by atoms with van der Waals surface area (Å²) in [5.41, 5.74) is 5.78. The van der Waals surface area contributed by atoms with E-state index in [1.807, 2.05) is 0 Å². The Morgan fingerprint density at radius 2 is 2.13 bits per heavy atom.